The zero-order valence-corrected chi connectivity index (χ0v) is 13.5. The van der Waals surface area contributed by atoms with Gasteiger partial charge in [-0.1, -0.05) is 54.1 Å². The summed E-state index contributed by atoms with van der Waals surface area (Å²) in [6, 6.07) is 19.0. The number of aromatic nitrogens is 3. The Hall–Kier alpha value is -2.85. The Balaban J connectivity index is 1.82. The number of fused-ring (bicyclic) bond motifs is 1. The first-order valence-electron chi connectivity index (χ1n) is 7.60. The number of hydrogen-bond acceptors (Lipinski definition) is 2. The molecule has 4 nitrogen and oxygen atoms in total. The van der Waals surface area contributed by atoms with Crippen molar-refractivity contribution in [1.82, 2.24) is 14.6 Å². The van der Waals surface area contributed by atoms with Gasteiger partial charge in [-0.3, -0.25) is 9.89 Å². The summed E-state index contributed by atoms with van der Waals surface area (Å²) in [4.78, 5) is 17.1. The number of hydrogen-bond donors (Lipinski definition) is 1. The molecule has 2 aromatic heterocycles. The number of aromatic amines is 1. The van der Waals surface area contributed by atoms with Gasteiger partial charge in [-0.05, 0) is 17.7 Å². The van der Waals surface area contributed by atoms with Crippen LogP contribution in [-0.2, 0) is 6.42 Å². The fraction of sp³-hybridized carbons (Fsp3) is 0.0526. The van der Waals surface area contributed by atoms with Gasteiger partial charge < -0.3 is 0 Å². The molecule has 0 unspecified atom stereocenters. The quantitative estimate of drug-likeness (QED) is 0.616. The van der Waals surface area contributed by atoms with Crippen molar-refractivity contribution in [1.29, 1.82) is 0 Å². The highest BCUT2D eigenvalue weighted by Gasteiger charge is 2.11. The standard InChI is InChI=1S/C19H14ClN3O/c20-16-8-6-14(7-9-16)17-11-18(24)23-19(22-17)15(12-21-23)10-13-4-2-1-3-5-13/h1-9,11-12,21H,10H2. The monoisotopic (exact) mass is 335 g/mol. The van der Waals surface area contributed by atoms with E-state index in [1.54, 1.807) is 12.1 Å². The summed E-state index contributed by atoms with van der Waals surface area (Å²) in [5.74, 6) is 0. The number of rotatable bonds is 3. The third-order valence-electron chi connectivity index (χ3n) is 3.95. The van der Waals surface area contributed by atoms with Crippen LogP contribution in [0.4, 0.5) is 0 Å². The maximum Gasteiger partial charge on any atom is 0.273 e. The molecular formula is C19H14ClN3O. The number of halogens is 1. The molecule has 118 valence electrons. The van der Waals surface area contributed by atoms with Crippen LogP contribution in [0.3, 0.4) is 0 Å². The van der Waals surface area contributed by atoms with Gasteiger partial charge in [-0.2, -0.15) is 0 Å². The molecule has 0 amide bonds. The van der Waals surface area contributed by atoms with Crippen molar-refractivity contribution in [2.45, 2.75) is 6.42 Å². The minimum absolute atomic E-state index is 0.135. The Kier molecular flexibility index (Phi) is 3.67. The van der Waals surface area contributed by atoms with Crippen LogP contribution < -0.4 is 5.56 Å². The van der Waals surface area contributed by atoms with Gasteiger partial charge >= 0.3 is 0 Å². The summed E-state index contributed by atoms with van der Waals surface area (Å²) in [7, 11) is 0. The van der Waals surface area contributed by atoms with E-state index in [1.165, 1.54) is 16.1 Å². The lowest BCUT2D eigenvalue weighted by atomic mass is 10.1. The molecule has 2 aromatic carbocycles. The number of H-pyrrole nitrogens is 1. The summed E-state index contributed by atoms with van der Waals surface area (Å²) >= 11 is 5.93. The molecule has 4 rings (SSSR count). The zero-order valence-electron chi connectivity index (χ0n) is 12.7. The van der Waals surface area contributed by atoms with Gasteiger partial charge in [0.05, 0.1) is 5.69 Å². The molecule has 24 heavy (non-hydrogen) atoms. The lowest BCUT2D eigenvalue weighted by molar-refractivity contribution is 0.901. The topological polar surface area (TPSA) is 50.2 Å². The Labute approximate surface area is 143 Å². The van der Waals surface area contributed by atoms with Crippen molar-refractivity contribution in [2.24, 2.45) is 0 Å². The van der Waals surface area contributed by atoms with Crippen LogP contribution in [0.1, 0.15) is 11.1 Å². The highest BCUT2D eigenvalue weighted by Crippen LogP contribution is 2.20. The summed E-state index contributed by atoms with van der Waals surface area (Å²) in [5.41, 5.74) is 4.18. The van der Waals surface area contributed by atoms with E-state index >= 15 is 0 Å². The molecule has 4 aromatic rings. The Morgan fingerprint density at radius 2 is 1.79 bits per heavy atom. The van der Waals surface area contributed by atoms with E-state index in [0.717, 1.165) is 11.1 Å². The summed E-state index contributed by atoms with van der Waals surface area (Å²) in [5, 5.41) is 3.64. The summed E-state index contributed by atoms with van der Waals surface area (Å²) < 4.78 is 1.47. The van der Waals surface area contributed by atoms with E-state index in [1.807, 2.05) is 36.5 Å². The van der Waals surface area contributed by atoms with Crippen molar-refractivity contribution in [3.8, 4) is 11.3 Å². The molecule has 0 saturated carbocycles. The molecule has 0 bridgehead atoms. The van der Waals surface area contributed by atoms with Gasteiger partial charge in [0.25, 0.3) is 5.56 Å². The van der Waals surface area contributed by atoms with Gasteiger partial charge in [-0.25, -0.2) is 9.50 Å². The summed E-state index contributed by atoms with van der Waals surface area (Å²) in [6.07, 6.45) is 2.55. The molecule has 0 spiro atoms. The molecule has 5 heteroatoms. The van der Waals surface area contributed by atoms with Crippen molar-refractivity contribution >= 4 is 17.2 Å². The van der Waals surface area contributed by atoms with E-state index < -0.39 is 0 Å². The number of nitrogens with one attached hydrogen (secondary N) is 1. The first-order valence-corrected chi connectivity index (χ1v) is 7.98. The van der Waals surface area contributed by atoms with Gasteiger partial charge in [0.15, 0.2) is 5.65 Å². The second kappa shape index (κ2) is 5.98. The number of nitrogens with zero attached hydrogens (tertiary/aromatic N) is 2. The zero-order chi connectivity index (χ0) is 16.5. The van der Waals surface area contributed by atoms with Gasteiger partial charge in [-0.15, -0.1) is 0 Å². The molecule has 0 radical (unpaired) electrons. The van der Waals surface area contributed by atoms with Gasteiger partial charge in [0, 0.05) is 34.8 Å². The second-order valence-corrected chi connectivity index (χ2v) is 6.04. The molecule has 0 atom stereocenters. The largest absolute Gasteiger partial charge is 0.297 e. The van der Waals surface area contributed by atoms with E-state index in [-0.39, 0.29) is 5.56 Å². The molecule has 0 aliphatic carbocycles. The highest BCUT2D eigenvalue weighted by molar-refractivity contribution is 6.30. The fourth-order valence-corrected chi connectivity index (χ4v) is 2.87. The van der Waals surface area contributed by atoms with E-state index in [9.17, 15) is 4.79 Å². The maximum atomic E-state index is 12.4. The van der Waals surface area contributed by atoms with Gasteiger partial charge in [0.2, 0.25) is 0 Å². The fourth-order valence-electron chi connectivity index (χ4n) is 2.74. The van der Waals surface area contributed by atoms with Crippen molar-refractivity contribution in [3.05, 3.63) is 93.4 Å². The second-order valence-electron chi connectivity index (χ2n) is 5.61. The minimum Gasteiger partial charge on any atom is -0.297 e. The average Bonchev–Trinajstić information content (AvgIpc) is 3.00. The molecule has 0 fully saturated rings. The van der Waals surface area contributed by atoms with Crippen LogP contribution in [0.15, 0.2) is 71.7 Å². The summed E-state index contributed by atoms with van der Waals surface area (Å²) in [6.45, 7) is 0. The normalized spacial score (nSPS) is 11.0. The minimum atomic E-state index is -0.135. The first kappa shape index (κ1) is 14.7. The first-order chi connectivity index (χ1) is 11.7. The molecule has 0 aliphatic heterocycles. The highest BCUT2D eigenvalue weighted by atomic mass is 35.5. The molecular weight excluding hydrogens is 322 g/mol. The van der Waals surface area contributed by atoms with Crippen LogP contribution in [0.25, 0.3) is 16.9 Å². The molecule has 2 heterocycles. The Morgan fingerprint density at radius 1 is 1.04 bits per heavy atom. The third-order valence-corrected chi connectivity index (χ3v) is 4.20. The smallest absolute Gasteiger partial charge is 0.273 e. The Bertz CT molecular complexity index is 1050. The van der Waals surface area contributed by atoms with E-state index in [4.69, 9.17) is 11.6 Å². The molecule has 0 saturated heterocycles. The predicted octanol–water partition coefficient (Wildman–Crippen LogP) is 3.93. The maximum absolute atomic E-state index is 12.4. The van der Waals surface area contributed by atoms with Crippen molar-refractivity contribution in [3.63, 3.8) is 0 Å². The molecule has 0 aliphatic rings. The van der Waals surface area contributed by atoms with Crippen LogP contribution in [-0.4, -0.2) is 14.6 Å². The lowest BCUT2D eigenvalue weighted by Crippen LogP contribution is -2.14. The van der Waals surface area contributed by atoms with Crippen LogP contribution in [0, 0.1) is 0 Å². The number of benzene rings is 2. The van der Waals surface area contributed by atoms with Gasteiger partial charge in [0.1, 0.15) is 0 Å². The van der Waals surface area contributed by atoms with E-state index in [2.05, 4.69) is 22.2 Å². The predicted molar refractivity (Wildman–Crippen MR) is 95.5 cm³/mol. The lowest BCUT2D eigenvalue weighted by Gasteiger charge is -2.03. The van der Waals surface area contributed by atoms with Crippen LogP contribution >= 0.6 is 11.6 Å². The van der Waals surface area contributed by atoms with Crippen LogP contribution in [0.5, 0.6) is 0 Å². The van der Waals surface area contributed by atoms with Crippen LogP contribution in [0.2, 0.25) is 5.02 Å². The van der Waals surface area contributed by atoms with E-state index in [0.29, 0.717) is 22.8 Å². The van der Waals surface area contributed by atoms with Crippen molar-refractivity contribution < 1.29 is 0 Å². The third kappa shape index (κ3) is 2.72. The SMILES string of the molecule is O=c1cc(-c2ccc(Cl)cc2)nc2c(Cc3ccccc3)c[nH]n12. The van der Waals surface area contributed by atoms with Crippen molar-refractivity contribution in [2.75, 3.05) is 0 Å². The molecule has 1 N–H and O–H groups in total. The average molecular weight is 336 g/mol. The Morgan fingerprint density at radius 3 is 2.54 bits per heavy atom.